The summed E-state index contributed by atoms with van der Waals surface area (Å²) < 4.78 is 6.14. The molecular formula is C13H13ClIN3O. The number of ether oxygens (including phenoxy) is 1. The fourth-order valence-electron chi connectivity index (χ4n) is 1.65. The maximum atomic E-state index is 6.00. The quantitative estimate of drug-likeness (QED) is 0.812. The average molecular weight is 390 g/mol. The summed E-state index contributed by atoms with van der Waals surface area (Å²) in [6, 6.07) is 7.49. The maximum absolute atomic E-state index is 6.00. The second-order valence-electron chi connectivity index (χ2n) is 3.85. The van der Waals surface area contributed by atoms with E-state index >= 15 is 0 Å². The molecule has 0 aliphatic carbocycles. The molecule has 4 nitrogen and oxygen atoms in total. The highest BCUT2D eigenvalue weighted by atomic mass is 127. The SMILES string of the molecule is CNc1nc(-c2cccc(Cl)c2)nc(COC)c1I. The molecule has 2 aromatic rings. The Morgan fingerprint density at radius 3 is 2.79 bits per heavy atom. The standard InChI is InChI=1S/C13H13ClIN3O/c1-16-13-11(15)10(7-19-2)17-12(18-13)8-4-3-5-9(14)6-8/h3-6H,7H2,1-2H3,(H,16,17,18). The zero-order valence-corrected chi connectivity index (χ0v) is 13.5. The molecule has 1 aromatic carbocycles. The molecular weight excluding hydrogens is 377 g/mol. The van der Waals surface area contributed by atoms with Crippen LogP contribution in [0.25, 0.3) is 11.4 Å². The summed E-state index contributed by atoms with van der Waals surface area (Å²) in [6.07, 6.45) is 0. The van der Waals surface area contributed by atoms with Gasteiger partial charge in [-0.05, 0) is 34.7 Å². The van der Waals surface area contributed by atoms with Crippen molar-refractivity contribution in [3.63, 3.8) is 0 Å². The molecule has 0 bridgehead atoms. The van der Waals surface area contributed by atoms with Crippen LogP contribution in [-0.2, 0) is 11.3 Å². The van der Waals surface area contributed by atoms with Crippen molar-refractivity contribution in [3.8, 4) is 11.4 Å². The number of nitrogens with one attached hydrogen (secondary N) is 1. The van der Waals surface area contributed by atoms with Crippen LogP contribution in [0, 0.1) is 3.57 Å². The first-order chi connectivity index (χ1) is 9.15. The second-order valence-corrected chi connectivity index (χ2v) is 5.37. The minimum absolute atomic E-state index is 0.447. The Morgan fingerprint density at radius 2 is 2.16 bits per heavy atom. The molecule has 6 heteroatoms. The van der Waals surface area contributed by atoms with Gasteiger partial charge in [-0.15, -0.1) is 0 Å². The van der Waals surface area contributed by atoms with Crippen LogP contribution in [0.4, 0.5) is 5.82 Å². The van der Waals surface area contributed by atoms with E-state index in [1.54, 1.807) is 7.11 Å². The lowest BCUT2D eigenvalue weighted by Crippen LogP contribution is -2.06. The third-order valence-electron chi connectivity index (χ3n) is 2.52. The monoisotopic (exact) mass is 389 g/mol. The highest BCUT2D eigenvalue weighted by molar-refractivity contribution is 14.1. The Bertz CT molecular complexity index is 592. The Balaban J connectivity index is 2.54. The van der Waals surface area contributed by atoms with Crippen LogP contribution in [0.2, 0.25) is 5.02 Å². The number of aromatic nitrogens is 2. The van der Waals surface area contributed by atoms with E-state index in [1.165, 1.54) is 0 Å². The highest BCUT2D eigenvalue weighted by Gasteiger charge is 2.12. The van der Waals surface area contributed by atoms with Crippen molar-refractivity contribution in [1.29, 1.82) is 0 Å². The zero-order valence-electron chi connectivity index (χ0n) is 10.6. The predicted octanol–water partition coefficient (Wildman–Crippen LogP) is 3.59. The van der Waals surface area contributed by atoms with Gasteiger partial charge >= 0.3 is 0 Å². The van der Waals surface area contributed by atoms with Crippen molar-refractivity contribution >= 4 is 40.0 Å². The van der Waals surface area contributed by atoms with Gasteiger partial charge in [0.25, 0.3) is 0 Å². The summed E-state index contributed by atoms with van der Waals surface area (Å²) in [5.41, 5.74) is 1.75. The number of methoxy groups -OCH3 is 1. The molecule has 0 fully saturated rings. The summed E-state index contributed by atoms with van der Waals surface area (Å²) in [5.74, 6) is 1.43. The van der Waals surface area contributed by atoms with Crippen LogP contribution in [-0.4, -0.2) is 24.1 Å². The third kappa shape index (κ3) is 3.34. The van der Waals surface area contributed by atoms with E-state index in [2.05, 4.69) is 37.9 Å². The fraction of sp³-hybridized carbons (Fsp3) is 0.231. The van der Waals surface area contributed by atoms with Crippen molar-refractivity contribution in [3.05, 3.63) is 38.6 Å². The van der Waals surface area contributed by atoms with Gasteiger partial charge in [-0.1, -0.05) is 23.7 Å². The van der Waals surface area contributed by atoms with Crippen molar-refractivity contribution in [1.82, 2.24) is 9.97 Å². The molecule has 0 saturated carbocycles. The van der Waals surface area contributed by atoms with E-state index < -0.39 is 0 Å². The molecule has 19 heavy (non-hydrogen) atoms. The molecule has 0 amide bonds. The van der Waals surface area contributed by atoms with Crippen molar-refractivity contribution in [2.45, 2.75) is 6.61 Å². The summed E-state index contributed by atoms with van der Waals surface area (Å²) in [6.45, 7) is 0.447. The van der Waals surface area contributed by atoms with Crippen molar-refractivity contribution < 1.29 is 4.74 Å². The van der Waals surface area contributed by atoms with Gasteiger partial charge in [-0.25, -0.2) is 9.97 Å². The first-order valence-corrected chi connectivity index (χ1v) is 7.10. The molecule has 0 aliphatic rings. The van der Waals surface area contributed by atoms with Crippen molar-refractivity contribution in [2.24, 2.45) is 0 Å². The van der Waals surface area contributed by atoms with Gasteiger partial charge in [0.05, 0.1) is 15.9 Å². The summed E-state index contributed by atoms with van der Waals surface area (Å²) in [7, 11) is 3.49. The first-order valence-electron chi connectivity index (χ1n) is 5.64. The van der Waals surface area contributed by atoms with E-state index in [0.29, 0.717) is 17.5 Å². The average Bonchev–Trinajstić information content (AvgIpc) is 2.41. The molecule has 0 aliphatic heterocycles. The van der Waals surface area contributed by atoms with Gasteiger partial charge in [0, 0.05) is 24.7 Å². The number of nitrogens with zero attached hydrogens (tertiary/aromatic N) is 2. The van der Waals surface area contributed by atoms with Crippen LogP contribution in [0.3, 0.4) is 0 Å². The number of benzene rings is 1. The molecule has 0 saturated heterocycles. The van der Waals surface area contributed by atoms with Crippen LogP contribution in [0.1, 0.15) is 5.69 Å². The molecule has 1 heterocycles. The maximum Gasteiger partial charge on any atom is 0.161 e. The lowest BCUT2D eigenvalue weighted by Gasteiger charge is -2.11. The van der Waals surface area contributed by atoms with Crippen LogP contribution >= 0.6 is 34.2 Å². The third-order valence-corrected chi connectivity index (χ3v) is 3.89. The lowest BCUT2D eigenvalue weighted by molar-refractivity contribution is 0.181. The summed E-state index contributed by atoms with van der Waals surface area (Å²) >= 11 is 8.22. The number of hydrogen-bond acceptors (Lipinski definition) is 4. The van der Waals surface area contributed by atoms with Gasteiger partial charge in [-0.3, -0.25) is 0 Å². The lowest BCUT2D eigenvalue weighted by atomic mass is 10.2. The van der Waals surface area contributed by atoms with E-state index in [0.717, 1.165) is 20.6 Å². The van der Waals surface area contributed by atoms with E-state index in [-0.39, 0.29) is 0 Å². The number of rotatable bonds is 4. The normalized spacial score (nSPS) is 10.5. The van der Waals surface area contributed by atoms with E-state index in [4.69, 9.17) is 16.3 Å². The van der Waals surface area contributed by atoms with E-state index in [1.807, 2.05) is 31.3 Å². The summed E-state index contributed by atoms with van der Waals surface area (Å²) in [5, 5.41) is 3.74. The molecule has 1 aromatic heterocycles. The number of anilines is 1. The minimum Gasteiger partial charge on any atom is -0.378 e. The van der Waals surface area contributed by atoms with Crippen LogP contribution in [0.15, 0.2) is 24.3 Å². The fourth-order valence-corrected chi connectivity index (χ4v) is 2.51. The molecule has 0 atom stereocenters. The second kappa shape index (κ2) is 6.49. The topological polar surface area (TPSA) is 47.0 Å². The van der Waals surface area contributed by atoms with Gasteiger partial charge in [-0.2, -0.15) is 0 Å². The number of hydrogen-bond donors (Lipinski definition) is 1. The predicted molar refractivity (Wildman–Crippen MR) is 85.5 cm³/mol. The number of halogens is 2. The molecule has 0 unspecified atom stereocenters. The van der Waals surface area contributed by atoms with Gasteiger partial charge in [0.2, 0.25) is 0 Å². The zero-order chi connectivity index (χ0) is 13.8. The largest absolute Gasteiger partial charge is 0.378 e. The Kier molecular flexibility index (Phi) is 4.95. The Morgan fingerprint density at radius 1 is 1.37 bits per heavy atom. The van der Waals surface area contributed by atoms with Gasteiger partial charge < -0.3 is 10.1 Å². The van der Waals surface area contributed by atoms with Gasteiger partial charge in [0.15, 0.2) is 5.82 Å². The van der Waals surface area contributed by atoms with Crippen LogP contribution in [0.5, 0.6) is 0 Å². The highest BCUT2D eigenvalue weighted by Crippen LogP contribution is 2.25. The smallest absolute Gasteiger partial charge is 0.161 e. The summed E-state index contributed by atoms with van der Waals surface area (Å²) in [4.78, 5) is 9.04. The Hall–Kier alpha value is -0.920. The van der Waals surface area contributed by atoms with Crippen molar-refractivity contribution in [2.75, 3.05) is 19.5 Å². The van der Waals surface area contributed by atoms with Gasteiger partial charge in [0.1, 0.15) is 5.82 Å². The minimum atomic E-state index is 0.447. The molecule has 1 N–H and O–H groups in total. The molecule has 100 valence electrons. The molecule has 2 rings (SSSR count). The molecule has 0 spiro atoms. The first kappa shape index (κ1) is 14.5. The molecule has 0 radical (unpaired) electrons. The van der Waals surface area contributed by atoms with E-state index in [9.17, 15) is 0 Å². The Labute approximate surface area is 130 Å². The van der Waals surface area contributed by atoms with Crippen LogP contribution < -0.4 is 5.32 Å².